The highest BCUT2D eigenvalue weighted by molar-refractivity contribution is 6.07. The van der Waals surface area contributed by atoms with Crippen LogP contribution in [0.3, 0.4) is 0 Å². The minimum absolute atomic E-state index is 0.0408. The number of carbonyl (C=O) groups is 1. The number of carbonyl (C=O) groups excluding carboxylic acids is 1. The Kier molecular flexibility index (Phi) is 4.61. The zero-order valence-corrected chi connectivity index (χ0v) is 16.2. The van der Waals surface area contributed by atoms with Gasteiger partial charge in [-0.2, -0.15) is 28.4 Å². The normalized spacial score (nSPS) is 19.1. The predicted octanol–water partition coefficient (Wildman–Crippen LogP) is 3.51. The second-order valence-electron chi connectivity index (χ2n) is 6.97. The maximum atomic E-state index is 13.5. The highest BCUT2D eigenvalue weighted by atomic mass is 19.4. The largest absolute Gasteiger partial charge is 0.438 e. The Morgan fingerprint density at radius 2 is 2.03 bits per heavy atom. The highest BCUT2D eigenvalue weighted by Crippen LogP contribution is 2.40. The quantitative estimate of drug-likeness (QED) is 0.707. The summed E-state index contributed by atoms with van der Waals surface area (Å²) in [5.74, 6) is -1.07. The molecule has 3 heterocycles. The smallest absolute Gasteiger partial charge is 0.362 e. The van der Waals surface area contributed by atoms with Crippen molar-refractivity contribution in [3.63, 3.8) is 0 Å². The zero-order chi connectivity index (χ0) is 21.7. The molecule has 3 aromatic rings. The maximum Gasteiger partial charge on any atom is 0.438 e. The van der Waals surface area contributed by atoms with Crippen molar-refractivity contribution < 1.29 is 23.1 Å². The van der Waals surface area contributed by atoms with Crippen molar-refractivity contribution in [2.75, 3.05) is 0 Å². The lowest BCUT2D eigenvalue weighted by Gasteiger charge is -2.32. The number of hydrogen-bond donors (Lipinski definition) is 1. The van der Waals surface area contributed by atoms with Crippen molar-refractivity contribution in [1.29, 1.82) is 0 Å². The maximum absolute atomic E-state index is 13.5. The van der Waals surface area contributed by atoms with Crippen molar-refractivity contribution >= 4 is 23.0 Å². The fourth-order valence-corrected chi connectivity index (χ4v) is 3.51. The number of pyridine rings is 1. The van der Waals surface area contributed by atoms with Gasteiger partial charge in [0.2, 0.25) is 0 Å². The molecule has 0 spiro atoms. The van der Waals surface area contributed by atoms with Crippen LogP contribution in [0, 0.1) is 6.92 Å². The third kappa shape index (κ3) is 2.95. The van der Waals surface area contributed by atoms with Crippen LogP contribution < -0.4 is 0 Å². The average Bonchev–Trinajstić information content (AvgIpc) is 3.29. The van der Waals surface area contributed by atoms with Crippen LogP contribution in [-0.2, 0) is 6.54 Å². The average molecular weight is 417 g/mol. The Hall–Kier alpha value is -3.27. The first-order valence-corrected chi connectivity index (χ1v) is 9.26. The van der Waals surface area contributed by atoms with Crippen LogP contribution in [0.4, 0.5) is 13.2 Å². The number of hydrazone groups is 1. The molecule has 1 aliphatic heterocycles. The molecular weight excluding hydrogens is 399 g/mol. The van der Waals surface area contributed by atoms with Crippen LogP contribution in [0.1, 0.15) is 29.4 Å². The summed E-state index contributed by atoms with van der Waals surface area (Å²) < 4.78 is 42.2. The topological polar surface area (TPSA) is 83.6 Å². The number of fused-ring (bicyclic) bond motifs is 1. The van der Waals surface area contributed by atoms with Gasteiger partial charge in [0, 0.05) is 35.8 Å². The molecule has 10 heteroatoms. The van der Waals surface area contributed by atoms with E-state index in [4.69, 9.17) is 0 Å². The number of alkyl halides is 3. The van der Waals surface area contributed by atoms with Gasteiger partial charge in [0.15, 0.2) is 0 Å². The summed E-state index contributed by atoms with van der Waals surface area (Å²) in [4.78, 5) is 17.7. The molecular formula is C20H18F3N5O2. The molecule has 0 fully saturated rings. The third-order valence-electron chi connectivity index (χ3n) is 5.20. The van der Waals surface area contributed by atoms with E-state index in [0.717, 1.165) is 11.9 Å². The van der Waals surface area contributed by atoms with Gasteiger partial charge in [-0.1, -0.05) is 18.2 Å². The molecule has 2 aromatic heterocycles. The number of nitrogens with zero attached hydrogens (tertiary/aromatic N) is 5. The molecule has 0 saturated carbocycles. The molecule has 1 aromatic carbocycles. The molecule has 1 amide bonds. The highest BCUT2D eigenvalue weighted by Gasteiger charge is 2.61. The number of aliphatic hydroxyl groups is 1. The Morgan fingerprint density at radius 3 is 2.70 bits per heavy atom. The summed E-state index contributed by atoms with van der Waals surface area (Å²) in [5, 5.41) is 18.4. The Labute approximate surface area is 169 Å². The fourth-order valence-electron chi connectivity index (χ4n) is 3.51. The number of benzene rings is 1. The molecule has 30 heavy (non-hydrogen) atoms. The number of aromatic nitrogens is 3. The van der Waals surface area contributed by atoms with Gasteiger partial charge in [-0.05, 0) is 26.0 Å². The number of rotatable bonds is 3. The summed E-state index contributed by atoms with van der Waals surface area (Å²) in [6.07, 6.45) is -3.42. The lowest BCUT2D eigenvalue weighted by molar-refractivity contribution is -0.297. The van der Waals surface area contributed by atoms with Crippen LogP contribution in [0.25, 0.3) is 22.2 Å². The zero-order valence-electron chi connectivity index (χ0n) is 16.2. The van der Waals surface area contributed by atoms with Gasteiger partial charge >= 0.3 is 6.18 Å². The predicted molar refractivity (Wildman–Crippen MR) is 104 cm³/mol. The van der Waals surface area contributed by atoms with E-state index in [1.54, 1.807) is 35.1 Å². The van der Waals surface area contributed by atoms with Crippen LogP contribution in [-0.4, -0.2) is 48.9 Å². The summed E-state index contributed by atoms with van der Waals surface area (Å²) >= 11 is 0. The number of halogens is 3. The molecule has 0 aliphatic carbocycles. The minimum atomic E-state index is -5.07. The van der Waals surface area contributed by atoms with E-state index < -0.39 is 24.2 Å². The number of amides is 1. The molecule has 4 rings (SSSR count). The lowest BCUT2D eigenvalue weighted by atomic mass is 10.0. The lowest BCUT2D eigenvalue weighted by Crippen LogP contribution is -2.56. The van der Waals surface area contributed by atoms with Crippen LogP contribution >= 0.6 is 0 Å². The Morgan fingerprint density at radius 1 is 1.30 bits per heavy atom. The van der Waals surface area contributed by atoms with Gasteiger partial charge in [-0.15, -0.1) is 0 Å². The van der Waals surface area contributed by atoms with Gasteiger partial charge in [0.1, 0.15) is 0 Å². The SMILES string of the molecule is CCn1ncc(-c2cc(C(=O)N3N=CC[C@]3(O)C(F)(F)F)c3ccccc3n2)c1C. The fraction of sp³-hybridized carbons (Fsp3) is 0.300. The first-order valence-electron chi connectivity index (χ1n) is 9.26. The van der Waals surface area contributed by atoms with Crippen molar-refractivity contribution in [2.24, 2.45) is 5.10 Å². The summed E-state index contributed by atoms with van der Waals surface area (Å²) in [7, 11) is 0. The van der Waals surface area contributed by atoms with E-state index in [0.29, 0.717) is 28.7 Å². The summed E-state index contributed by atoms with van der Waals surface area (Å²) in [6.45, 7) is 4.40. The van der Waals surface area contributed by atoms with Gasteiger partial charge in [0.05, 0.1) is 23.0 Å². The second-order valence-corrected chi connectivity index (χ2v) is 6.97. The molecule has 1 aliphatic rings. The standard InChI is InChI=1S/C20H18F3N5O2/c1-3-27-12(2)15(11-25-27)17-10-14(13-6-4-5-7-16(13)26-17)18(29)28-19(30,8-9-24-28)20(21,22)23/h4-7,9-11,30H,3,8H2,1-2H3/t19-/m0/s1. The van der Waals surface area contributed by atoms with Crippen LogP contribution in [0.2, 0.25) is 0 Å². The Balaban J connectivity index is 1.89. The summed E-state index contributed by atoms with van der Waals surface area (Å²) in [6, 6.07) is 8.05. The van der Waals surface area contributed by atoms with Gasteiger partial charge in [-0.25, -0.2) is 4.98 Å². The first kappa shape index (κ1) is 20.0. The van der Waals surface area contributed by atoms with Crippen LogP contribution in [0.5, 0.6) is 0 Å². The molecule has 0 saturated heterocycles. The molecule has 156 valence electrons. The molecule has 0 bridgehead atoms. The molecule has 1 atom stereocenters. The van der Waals surface area contributed by atoms with Gasteiger partial charge in [-0.3, -0.25) is 9.48 Å². The summed E-state index contributed by atoms with van der Waals surface area (Å²) in [5.41, 5.74) is -1.13. The van der Waals surface area contributed by atoms with Crippen molar-refractivity contribution in [3.8, 4) is 11.3 Å². The van der Waals surface area contributed by atoms with Gasteiger partial charge in [0.25, 0.3) is 11.6 Å². The van der Waals surface area contributed by atoms with E-state index >= 15 is 0 Å². The first-order chi connectivity index (χ1) is 14.2. The minimum Gasteiger partial charge on any atom is -0.362 e. The number of aryl methyl sites for hydroxylation is 1. The van der Waals surface area contributed by atoms with E-state index in [1.807, 2.05) is 13.8 Å². The monoisotopic (exact) mass is 417 g/mol. The second kappa shape index (κ2) is 6.91. The molecule has 7 nitrogen and oxygen atoms in total. The molecule has 0 unspecified atom stereocenters. The van der Waals surface area contributed by atoms with E-state index in [-0.39, 0.29) is 10.6 Å². The van der Waals surface area contributed by atoms with Crippen molar-refractivity contribution in [2.45, 2.75) is 38.7 Å². The van der Waals surface area contributed by atoms with E-state index in [9.17, 15) is 23.1 Å². The van der Waals surface area contributed by atoms with Crippen molar-refractivity contribution in [3.05, 3.63) is 47.8 Å². The third-order valence-corrected chi connectivity index (χ3v) is 5.20. The molecule has 1 N–H and O–H groups in total. The van der Waals surface area contributed by atoms with Crippen LogP contribution in [0.15, 0.2) is 41.6 Å². The Bertz CT molecular complexity index is 1170. The van der Waals surface area contributed by atoms with Crippen molar-refractivity contribution in [1.82, 2.24) is 19.8 Å². The van der Waals surface area contributed by atoms with Gasteiger partial charge < -0.3 is 5.11 Å². The molecule has 0 radical (unpaired) electrons. The number of para-hydroxylation sites is 1. The van der Waals surface area contributed by atoms with E-state index in [2.05, 4.69) is 15.2 Å². The number of hydrogen-bond acceptors (Lipinski definition) is 5. The van der Waals surface area contributed by atoms with E-state index in [1.165, 1.54) is 6.07 Å².